The van der Waals surface area contributed by atoms with Crippen LogP contribution >= 0.6 is 0 Å². The number of hydrogen-bond donors (Lipinski definition) is 0. The molecular formula is C25H18N6. The Morgan fingerprint density at radius 1 is 0.935 bits per heavy atom. The molecule has 1 atom stereocenters. The summed E-state index contributed by atoms with van der Waals surface area (Å²) in [6, 6.07) is 18.2. The first-order valence-electron chi connectivity index (χ1n) is 10.3. The summed E-state index contributed by atoms with van der Waals surface area (Å²) in [5.41, 5.74) is 6.16. The minimum absolute atomic E-state index is 0.350. The van der Waals surface area contributed by atoms with Crippen molar-refractivity contribution in [3.63, 3.8) is 0 Å². The second kappa shape index (κ2) is 7.22. The summed E-state index contributed by atoms with van der Waals surface area (Å²) in [7, 11) is 0. The van der Waals surface area contributed by atoms with E-state index in [4.69, 9.17) is 5.10 Å². The molecule has 0 saturated carbocycles. The van der Waals surface area contributed by atoms with E-state index in [-0.39, 0.29) is 0 Å². The monoisotopic (exact) mass is 402 g/mol. The molecule has 0 fully saturated rings. The molecule has 5 aromatic rings. The van der Waals surface area contributed by atoms with Gasteiger partial charge in [0, 0.05) is 30.1 Å². The number of aryl methyl sites for hydroxylation is 1. The number of hydrogen-bond acceptors (Lipinski definition) is 4. The van der Waals surface area contributed by atoms with Crippen molar-refractivity contribution < 1.29 is 0 Å². The Morgan fingerprint density at radius 2 is 1.87 bits per heavy atom. The Morgan fingerprint density at radius 3 is 2.81 bits per heavy atom. The van der Waals surface area contributed by atoms with Crippen LogP contribution in [0, 0.1) is 11.8 Å². The lowest BCUT2D eigenvalue weighted by molar-refractivity contribution is 0.720. The Labute approximate surface area is 179 Å². The van der Waals surface area contributed by atoms with Crippen molar-refractivity contribution in [1.29, 1.82) is 0 Å². The first-order chi connectivity index (χ1) is 15.3. The summed E-state index contributed by atoms with van der Waals surface area (Å²) in [6.45, 7) is 0. The van der Waals surface area contributed by atoms with E-state index >= 15 is 0 Å². The topological polar surface area (TPSA) is 60.9 Å². The quantitative estimate of drug-likeness (QED) is 0.422. The van der Waals surface area contributed by atoms with Crippen LogP contribution in [-0.2, 0) is 6.42 Å². The molecule has 4 heterocycles. The van der Waals surface area contributed by atoms with E-state index in [1.807, 2.05) is 28.9 Å². The number of fused-ring (bicyclic) bond motifs is 2. The van der Waals surface area contributed by atoms with Crippen molar-refractivity contribution in [3.05, 3.63) is 107 Å². The summed E-state index contributed by atoms with van der Waals surface area (Å²) >= 11 is 0. The molecule has 0 amide bonds. The molecule has 31 heavy (non-hydrogen) atoms. The number of imidazole rings is 1. The van der Waals surface area contributed by atoms with Gasteiger partial charge in [0.15, 0.2) is 11.5 Å². The molecule has 1 unspecified atom stereocenters. The Kier molecular flexibility index (Phi) is 4.10. The lowest BCUT2D eigenvalue weighted by Gasteiger charge is -2.09. The van der Waals surface area contributed by atoms with Crippen molar-refractivity contribution in [2.45, 2.75) is 18.8 Å². The van der Waals surface area contributed by atoms with E-state index in [1.54, 1.807) is 23.1 Å². The van der Waals surface area contributed by atoms with Gasteiger partial charge in [-0.1, -0.05) is 36.3 Å². The molecule has 1 aliphatic rings. The zero-order chi connectivity index (χ0) is 20.6. The highest BCUT2D eigenvalue weighted by Crippen LogP contribution is 2.37. The van der Waals surface area contributed by atoms with E-state index in [2.05, 4.69) is 63.4 Å². The van der Waals surface area contributed by atoms with Crippen LogP contribution in [-0.4, -0.2) is 29.4 Å². The molecule has 4 aromatic heterocycles. The third-order valence-corrected chi connectivity index (χ3v) is 5.65. The van der Waals surface area contributed by atoms with Gasteiger partial charge in [0.2, 0.25) is 0 Å². The number of pyridine rings is 1. The van der Waals surface area contributed by atoms with Gasteiger partial charge in [0.1, 0.15) is 5.69 Å². The number of aromatic nitrogens is 6. The van der Waals surface area contributed by atoms with E-state index in [0.29, 0.717) is 5.92 Å². The highest BCUT2D eigenvalue weighted by Gasteiger charge is 2.27. The van der Waals surface area contributed by atoms with Crippen molar-refractivity contribution >= 4 is 5.65 Å². The standard InChI is InChI=1S/C25H18N6/c1-2-5-19(6-3-1)22-11-9-20-17-30(29-25(20)22)24-15-18(12-14-26-24)8-10-21-16-27-23-7-4-13-28-31(21)23/h1-7,12-17,22H,9,11H2. The molecule has 0 bridgehead atoms. The molecule has 0 saturated heterocycles. The zero-order valence-corrected chi connectivity index (χ0v) is 16.7. The Bertz CT molecular complexity index is 1450. The van der Waals surface area contributed by atoms with Gasteiger partial charge < -0.3 is 0 Å². The lowest BCUT2D eigenvalue weighted by atomic mass is 9.97. The van der Waals surface area contributed by atoms with Crippen molar-refractivity contribution in [1.82, 2.24) is 29.4 Å². The van der Waals surface area contributed by atoms with Crippen LogP contribution in [0.3, 0.4) is 0 Å². The van der Waals surface area contributed by atoms with Gasteiger partial charge in [-0.2, -0.15) is 10.2 Å². The van der Waals surface area contributed by atoms with E-state index in [1.165, 1.54) is 11.1 Å². The highest BCUT2D eigenvalue weighted by atomic mass is 15.3. The van der Waals surface area contributed by atoms with Gasteiger partial charge in [-0.25, -0.2) is 19.2 Å². The smallest absolute Gasteiger partial charge is 0.154 e. The molecule has 1 aromatic carbocycles. The van der Waals surface area contributed by atoms with Crippen molar-refractivity contribution in [2.75, 3.05) is 0 Å². The molecule has 6 heteroatoms. The second-order valence-corrected chi connectivity index (χ2v) is 7.58. The first kappa shape index (κ1) is 17.6. The van der Waals surface area contributed by atoms with Gasteiger partial charge in [-0.05, 0) is 54.2 Å². The van der Waals surface area contributed by atoms with Crippen molar-refractivity contribution in [2.24, 2.45) is 0 Å². The predicted molar refractivity (Wildman–Crippen MR) is 117 cm³/mol. The molecule has 1 aliphatic carbocycles. The van der Waals surface area contributed by atoms with Gasteiger partial charge in [-0.3, -0.25) is 0 Å². The summed E-state index contributed by atoms with van der Waals surface area (Å²) in [6.07, 6.45) is 9.48. The normalized spacial score (nSPS) is 14.9. The average molecular weight is 402 g/mol. The van der Waals surface area contributed by atoms with Crippen molar-refractivity contribution in [3.8, 4) is 17.7 Å². The second-order valence-electron chi connectivity index (χ2n) is 7.58. The molecule has 0 radical (unpaired) electrons. The fourth-order valence-electron chi connectivity index (χ4n) is 4.14. The summed E-state index contributed by atoms with van der Waals surface area (Å²) < 4.78 is 3.61. The zero-order valence-electron chi connectivity index (χ0n) is 16.7. The number of nitrogens with zero attached hydrogens (tertiary/aromatic N) is 6. The van der Waals surface area contributed by atoms with Crippen LogP contribution in [0.25, 0.3) is 11.5 Å². The van der Waals surface area contributed by atoms with E-state index in [9.17, 15) is 0 Å². The molecule has 0 N–H and O–H groups in total. The average Bonchev–Trinajstić information content (AvgIpc) is 3.53. The van der Waals surface area contributed by atoms with Crippen LogP contribution in [0.2, 0.25) is 0 Å². The SMILES string of the molecule is C(#Cc1cnc2cccnn12)c1ccnc(-n2cc3c(n2)C(c2ccccc2)CC3)c1. The highest BCUT2D eigenvalue weighted by molar-refractivity contribution is 5.47. The van der Waals surface area contributed by atoms with Gasteiger partial charge in [-0.15, -0.1) is 0 Å². The predicted octanol–water partition coefficient (Wildman–Crippen LogP) is 3.79. The maximum absolute atomic E-state index is 4.89. The third kappa shape index (κ3) is 3.17. The van der Waals surface area contributed by atoms with Crippen LogP contribution < -0.4 is 0 Å². The maximum Gasteiger partial charge on any atom is 0.154 e. The first-order valence-corrected chi connectivity index (χ1v) is 10.3. The van der Waals surface area contributed by atoms with E-state index < -0.39 is 0 Å². The van der Waals surface area contributed by atoms with Gasteiger partial charge >= 0.3 is 0 Å². The maximum atomic E-state index is 4.89. The van der Waals surface area contributed by atoms with Crippen LogP contribution in [0.4, 0.5) is 0 Å². The number of benzene rings is 1. The van der Waals surface area contributed by atoms with Gasteiger partial charge in [0.25, 0.3) is 0 Å². The van der Waals surface area contributed by atoms with E-state index in [0.717, 1.165) is 41.3 Å². The minimum atomic E-state index is 0.350. The molecule has 148 valence electrons. The lowest BCUT2D eigenvalue weighted by Crippen LogP contribution is -2.03. The number of rotatable bonds is 2. The summed E-state index contributed by atoms with van der Waals surface area (Å²) in [5.74, 6) is 7.48. The molecule has 0 aliphatic heterocycles. The molecule has 6 rings (SSSR count). The van der Waals surface area contributed by atoms with Crippen LogP contribution in [0.5, 0.6) is 0 Å². The summed E-state index contributed by atoms with van der Waals surface area (Å²) in [4.78, 5) is 8.85. The fourth-order valence-corrected chi connectivity index (χ4v) is 4.14. The van der Waals surface area contributed by atoms with Crippen LogP contribution in [0.15, 0.2) is 79.4 Å². The van der Waals surface area contributed by atoms with Crippen LogP contribution in [0.1, 0.15) is 40.4 Å². The Hall–Kier alpha value is -4.24. The Balaban J connectivity index is 1.32. The fraction of sp³-hybridized carbons (Fsp3) is 0.120. The largest absolute Gasteiger partial charge is 0.237 e. The minimum Gasteiger partial charge on any atom is -0.237 e. The molecule has 0 spiro atoms. The molecule has 6 nitrogen and oxygen atoms in total. The molecular weight excluding hydrogens is 384 g/mol. The summed E-state index contributed by atoms with van der Waals surface area (Å²) in [5, 5.41) is 9.20. The third-order valence-electron chi connectivity index (χ3n) is 5.65. The van der Waals surface area contributed by atoms with Gasteiger partial charge in [0.05, 0.1) is 11.9 Å².